The molecule has 0 aromatic carbocycles. The highest BCUT2D eigenvalue weighted by Gasteiger charge is 2.30. The zero-order chi connectivity index (χ0) is 11.2. The Hall–Kier alpha value is 0.730. The quantitative estimate of drug-likeness (QED) is 0.464. The predicted molar refractivity (Wildman–Crippen MR) is 80.1 cm³/mol. The summed E-state index contributed by atoms with van der Waals surface area (Å²) in [6.45, 7) is 0. The maximum atomic E-state index is 2.59. The van der Waals surface area contributed by atoms with E-state index in [1.807, 2.05) is 0 Å². The van der Waals surface area contributed by atoms with E-state index in [1.54, 1.807) is 25.7 Å². The summed E-state index contributed by atoms with van der Waals surface area (Å²) >= 11 is 2.59. The molecule has 0 aromatic rings. The second-order valence-corrected chi connectivity index (χ2v) is 7.02. The van der Waals surface area contributed by atoms with Crippen molar-refractivity contribution in [2.75, 3.05) is 4.43 Å². The molecule has 2 aliphatic rings. The van der Waals surface area contributed by atoms with Crippen molar-refractivity contribution in [1.29, 1.82) is 0 Å². The molecular weight excluding hydrogens is 307 g/mol. The van der Waals surface area contributed by atoms with E-state index in [0.29, 0.717) is 0 Å². The summed E-state index contributed by atoms with van der Waals surface area (Å²) in [5, 5.41) is 0. The molecule has 0 radical (unpaired) electrons. The predicted octanol–water partition coefficient (Wildman–Crippen LogP) is 5.59. The standard InChI is InChI=1S/C15H27I/c16-12-11-15(13-7-3-1-4-8-13)14-9-5-2-6-10-14/h13-15H,1-12H2. The lowest BCUT2D eigenvalue weighted by Crippen LogP contribution is -2.27. The monoisotopic (exact) mass is 334 g/mol. The normalized spacial score (nSPS) is 25.1. The van der Waals surface area contributed by atoms with Crippen molar-refractivity contribution in [3.63, 3.8) is 0 Å². The molecule has 0 spiro atoms. The number of halogens is 1. The van der Waals surface area contributed by atoms with Gasteiger partial charge >= 0.3 is 0 Å². The van der Waals surface area contributed by atoms with Crippen LogP contribution in [-0.2, 0) is 0 Å². The van der Waals surface area contributed by atoms with Gasteiger partial charge in [0.1, 0.15) is 0 Å². The van der Waals surface area contributed by atoms with Gasteiger partial charge in [0.2, 0.25) is 0 Å². The summed E-state index contributed by atoms with van der Waals surface area (Å²) in [7, 11) is 0. The molecule has 0 aliphatic heterocycles. The van der Waals surface area contributed by atoms with Crippen molar-refractivity contribution in [3.8, 4) is 0 Å². The van der Waals surface area contributed by atoms with Gasteiger partial charge < -0.3 is 0 Å². The van der Waals surface area contributed by atoms with E-state index in [2.05, 4.69) is 22.6 Å². The summed E-state index contributed by atoms with van der Waals surface area (Å²) in [4.78, 5) is 0. The molecule has 0 nitrogen and oxygen atoms in total. The van der Waals surface area contributed by atoms with Gasteiger partial charge in [0.15, 0.2) is 0 Å². The summed E-state index contributed by atoms with van der Waals surface area (Å²) in [6, 6.07) is 0. The van der Waals surface area contributed by atoms with E-state index in [1.165, 1.54) is 49.4 Å². The average Bonchev–Trinajstić information content (AvgIpc) is 2.38. The van der Waals surface area contributed by atoms with Gasteiger partial charge in [-0.15, -0.1) is 0 Å². The Morgan fingerprint density at radius 3 is 1.56 bits per heavy atom. The lowest BCUT2D eigenvalue weighted by Gasteiger charge is -2.37. The van der Waals surface area contributed by atoms with Crippen LogP contribution in [0.5, 0.6) is 0 Å². The number of alkyl halides is 1. The highest BCUT2D eigenvalue weighted by Crippen LogP contribution is 2.41. The van der Waals surface area contributed by atoms with Gasteiger partial charge in [0, 0.05) is 0 Å². The summed E-state index contributed by atoms with van der Waals surface area (Å²) in [5.74, 6) is 3.30. The molecule has 0 atom stereocenters. The highest BCUT2D eigenvalue weighted by atomic mass is 127. The molecule has 2 rings (SSSR count). The molecule has 0 amide bonds. The Balaban J connectivity index is 1.91. The average molecular weight is 334 g/mol. The van der Waals surface area contributed by atoms with Crippen LogP contribution in [0.1, 0.15) is 70.6 Å². The van der Waals surface area contributed by atoms with Crippen molar-refractivity contribution in [2.45, 2.75) is 70.6 Å². The smallest absolute Gasteiger partial charge is 0.000189 e. The van der Waals surface area contributed by atoms with Gasteiger partial charge in [0.05, 0.1) is 0 Å². The van der Waals surface area contributed by atoms with Crippen molar-refractivity contribution >= 4 is 22.6 Å². The fourth-order valence-corrected chi connectivity index (χ4v) is 4.83. The third-order valence-corrected chi connectivity index (χ3v) is 5.58. The molecule has 16 heavy (non-hydrogen) atoms. The summed E-state index contributed by atoms with van der Waals surface area (Å²) in [5.41, 5.74) is 0. The molecule has 0 saturated heterocycles. The Bertz CT molecular complexity index is 160. The lowest BCUT2D eigenvalue weighted by atomic mass is 9.69. The Kier molecular flexibility index (Phi) is 5.95. The Morgan fingerprint density at radius 2 is 1.19 bits per heavy atom. The summed E-state index contributed by atoms with van der Waals surface area (Å²) < 4.78 is 1.38. The third kappa shape index (κ3) is 3.61. The van der Waals surface area contributed by atoms with E-state index >= 15 is 0 Å². The van der Waals surface area contributed by atoms with Crippen molar-refractivity contribution < 1.29 is 0 Å². The molecule has 94 valence electrons. The fourth-order valence-electron chi connectivity index (χ4n) is 4.11. The van der Waals surface area contributed by atoms with Crippen molar-refractivity contribution in [3.05, 3.63) is 0 Å². The zero-order valence-corrected chi connectivity index (χ0v) is 12.8. The second-order valence-electron chi connectivity index (χ2n) is 5.94. The van der Waals surface area contributed by atoms with Gasteiger partial charge in [-0.1, -0.05) is 86.8 Å². The van der Waals surface area contributed by atoms with Crippen LogP contribution in [0.15, 0.2) is 0 Å². The maximum absolute atomic E-state index is 2.59. The minimum atomic E-state index is 1.09. The van der Waals surface area contributed by atoms with Gasteiger partial charge in [0.25, 0.3) is 0 Å². The fraction of sp³-hybridized carbons (Fsp3) is 1.00. The first-order valence-electron chi connectivity index (χ1n) is 7.48. The second kappa shape index (κ2) is 7.23. The van der Waals surface area contributed by atoms with Gasteiger partial charge in [-0.3, -0.25) is 0 Å². The molecule has 2 fully saturated rings. The molecule has 2 saturated carbocycles. The van der Waals surface area contributed by atoms with Crippen LogP contribution in [0.25, 0.3) is 0 Å². The van der Waals surface area contributed by atoms with Crippen LogP contribution >= 0.6 is 22.6 Å². The van der Waals surface area contributed by atoms with Crippen molar-refractivity contribution in [2.24, 2.45) is 17.8 Å². The Morgan fingerprint density at radius 1 is 0.750 bits per heavy atom. The van der Waals surface area contributed by atoms with Crippen LogP contribution < -0.4 is 0 Å². The van der Waals surface area contributed by atoms with Crippen LogP contribution in [-0.4, -0.2) is 4.43 Å². The molecule has 1 heteroatoms. The van der Waals surface area contributed by atoms with Crippen LogP contribution in [0.4, 0.5) is 0 Å². The van der Waals surface area contributed by atoms with E-state index in [9.17, 15) is 0 Å². The first-order valence-corrected chi connectivity index (χ1v) is 9.00. The largest absolute Gasteiger partial charge is 0.0864 e. The molecule has 0 heterocycles. The maximum Gasteiger partial charge on any atom is -0.000189 e. The van der Waals surface area contributed by atoms with E-state index in [4.69, 9.17) is 0 Å². The molecule has 0 unspecified atom stereocenters. The molecular formula is C15H27I. The summed E-state index contributed by atoms with van der Waals surface area (Å²) in [6.07, 6.45) is 16.8. The van der Waals surface area contributed by atoms with E-state index < -0.39 is 0 Å². The topological polar surface area (TPSA) is 0 Å². The van der Waals surface area contributed by atoms with Crippen molar-refractivity contribution in [1.82, 2.24) is 0 Å². The molecule has 0 N–H and O–H groups in total. The van der Waals surface area contributed by atoms with Gasteiger partial charge in [-0.2, -0.15) is 0 Å². The lowest BCUT2D eigenvalue weighted by molar-refractivity contribution is 0.141. The first-order chi connectivity index (χ1) is 7.92. The number of rotatable bonds is 4. The van der Waals surface area contributed by atoms with Gasteiger partial charge in [-0.05, 0) is 28.6 Å². The van der Waals surface area contributed by atoms with Gasteiger partial charge in [-0.25, -0.2) is 0 Å². The first kappa shape index (κ1) is 13.2. The minimum absolute atomic E-state index is 1.09. The molecule has 2 aliphatic carbocycles. The minimum Gasteiger partial charge on any atom is -0.0864 e. The van der Waals surface area contributed by atoms with Crippen LogP contribution in [0.2, 0.25) is 0 Å². The Labute approximate surface area is 115 Å². The SMILES string of the molecule is ICCC(C1CCCCC1)C1CCCCC1. The van der Waals surface area contributed by atoms with E-state index in [-0.39, 0.29) is 0 Å². The molecule has 0 aromatic heterocycles. The zero-order valence-electron chi connectivity index (χ0n) is 10.6. The van der Waals surface area contributed by atoms with E-state index in [0.717, 1.165) is 17.8 Å². The number of hydrogen-bond donors (Lipinski definition) is 0. The molecule has 0 bridgehead atoms. The van der Waals surface area contributed by atoms with Crippen LogP contribution in [0, 0.1) is 17.8 Å². The third-order valence-electron chi connectivity index (χ3n) is 4.95. The van der Waals surface area contributed by atoms with Crippen LogP contribution in [0.3, 0.4) is 0 Å². The highest BCUT2D eigenvalue weighted by molar-refractivity contribution is 14.1. The number of hydrogen-bond acceptors (Lipinski definition) is 0.